The maximum absolute atomic E-state index is 12.7. The average Bonchev–Trinajstić information content (AvgIpc) is 2.99. The third-order valence-electron chi connectivity index (χ3n) is 4.20. The third kappa shape index (κ3) is 2.87. The van der Waals surface area contributed by atoms with E-state index in [2.05, 4.69) is 24.3 Å². The van der Waals surface area contributed by atoms with Crippen LogP contribution in [0.25, 0.3) is 5.69 Å². The minimum atomic E-state index is 0.0223. The average molecular weight is 319 g/mol. The number of hydrogen-bond donors (Lipinski definition) is 1. The number of carbonyl (C=O) groups is 1. The SMILES string of the molecule is CC1NCCN(C(=O)c2cnn(-c3cccc(Cl)c3)c2)C1C. The normalized spacial score (nSPS) is 21.9. The van der Waals surface area contributed by atoms with Crippen LogP contribution in [0.1, 0.15) is 24.2 Å². The number of amides is 1. The molecule has 0 saturated carbocycles. The fourth-order valence-electron chi connectivity index (χ4n) is 2.70. The molecule has 2 unspecified atom stereocenters. The lowest BCUT2D eigenvalue weighted by atomic mass is 10.1. The zero-order valence-electron chi connectivity index (χ0n) is 12.7. The number of carbonyl (C=O) groups excluding carboxylic acids is 1. The van der Waals surface area contributed by atoms with Crippen molar-refractivity contribution in [2.75, 3.05) is 13.1 Å². The molecule has 1 amide bonds. The highest BCUT2D eigenvalue weighted by Crippen LogP contribution is 2.17. The molecule has 2 heterocycles. The molecule has 6 heteroatoms. The summed E-state index contributed by atoms with van der Waals surface area (Å²) in [4.78, 5) is 14.6. The van der Waals surface area contributed by atoms with Gasteiger partial charge in [-0.15, -0.1) is 0 Å². The molecule has 2 atom stereocenters. The summed E-state index contributed by atoms with van der Waals surface area (Å²) in [5.74, 6) is 0.0223. The first-order valence-electron chi connectivity index (χ1n) is 7.41. The van der Waals surface area contributed by atoms with Crippen molar-refractivity contribution in [3.63, 3.8) is 0 Å². The molecule has 0 spiro atoms. The summed E-state index contributed by atoms with van der Waals surface area (Å²) in [5, 5.41) is 8.30. The third-order valence-corrected chi connectivity index (χ3v) is 4.43. The van der Waals surface area contributed by atoms with Gasteiger partial charge in [0.05, 0.1) is 17.4 Å². The first-order chi connectivity index (χ1) is 10.6. The van der Waals surface area contributed by atoms with E-state index in [1.807, 2.05) is 29.2 Å². The van der Waals surface area contributed by atoms with E-state index in [4.69, 9.17) is 11.6 Å². The van der Waals surface area contributed by atoms with E-state index in [-0.39, 0.29) is 11.9 Å². The first-order valence-corrected chi connectivity index (χ1v) is 7.79. The van der Waals surface area contributed by atoms with Gasteiger partial charge in [-0.1, -0.05) is 17.7 Å². The van der Waals surface area contributed by atoms with E-state index in [0.29, 0.717) is 23.2 Å². The standard InChI is InChI=1S/C16H19ClN4O/c1-11-12(2)20(7-6-18-11)16(22)13-9-19-21(10-13)15-5-3-4-14(17)8-15/h3-5,8-12,18H,6-7H2,1-2H3. The van der Waals surface area contributed by atoms with Crippen molar-refractivity contribution >= 4 is 17.5 Å². The molecule has 1 saturated heterocycles. The van der Waals surface area contributed by atoms with Gasteiger partial charge in [-0.3, -0.25) is 4.79 Å². The molecule has 0 radical (unpaired) electrons. The Hall–Kier alpha value is -1.85. The fourth-order valence-corrected chi connectivity index (χ4v) is 2.89. The number of rotatable bonds is 2. The van der Waals surface area contributed by atoms with Gasteiger partial charge >= 0.3 is 0 Å². The van der Waals surface area contributed by atoms with Crippen LogP contribution < -0.4 is 5.32 Å². The van der Waals surface area contributed by atoms with Crippen molar-refractivity contribution in [3.05, 3.63) is 47.2 Å². The van der Waals surface area contributed by atoms with Gasteiger partial charge in [0.1, 0.15) is 0 Å². The summed E-state index contributed by atoms with van der Waals surface area (Å²) in [6.07, 6.45) is 3.37. The summed E-state index contributed by atoms with van der Waals surface area (Å²) < 4.78 is 1.68. The summed E-state index contributed by atoms with van der Waals surface area (Å²) in [6.45, 7) is 5.70. The fraction of sp³-hybridized carbons (Fsp3) is 0.375. The number of hydrogen-bond acceptors (Lipinski definition) is 3. The van der Waals surface area contributed by atoms with Crippen molar-refractivity contribution in [2.24, 2.45) is 0 Å². The van der Waals surface area contributed by atoms with Gasteiger partial charge in [0.25, 0.3) is 5.91 Å². The lowest BCUT2D eigenvalue weighted by molar-refractivity contribution is 0.0603. The van der Waals surface area contributed by atoms with Crippen molar-refractivity contribution in [3.8, 4) is 5.69 Å². The van der Waals surface area contributed by atoms with Gasteiger partial charge in [0.15, 0.2) is 0 Å². The molecule has 22 heavy (non-hydrogen) atoms. The predicted molar refractivity (Wildman–Crippen MR) is 86.5 cm³/mol. The van der Waals surface area contributed by atoms with Gasteiger partial charge in [-0.2, -0.15) is 5.10 Å². The molecule has 1 aromatic heterocycles. The summed E-state index contributed by atoms with van der Waals surface area (Å²) in [6, 6.07) is 7.85. The molecule has 0 aliphatic carbocycles. The highest BCUT2D eigenvalue weighted by atomic mass is 35.5. The van der Waals surface area contributed by atoms with Crippen LogP contribution in [0.3, 0.4) is 0 Å². The Bertz CT molecular complexity index is 684. The van der Waals surface area contributed by atoms with Crippen LogP contribution in [0.15, 0.2) is 36.7 Å². The molecule has 0 bridgehead atoms. The molecule has 1 aliphatic heterocycles. The van der Waals surface area contributed by atoms with Crippen molar-refractivity contribution in [1.82, 2.24) is 20.0 Å². The van der Waals surface area contributed by atoms with Gasteiger partial charge in [-0.05, 0) is 32.0 Å². The molecule has 116 valence electrons. The Morgan fingerprint density at radius 2 is 2.23 bits per heavy atom. The maximum atomic E-state index is 12.7. The second-order valence-corrected chi connectivity index (χ2v) is 6.07. The van der Waals surface area contributed by atoms with Crippen LogP contribution in [-0.2, 0) is 0 Å². The molecule has 2 aromatic rings. The Morgan fingerprint density at radius 1 is 1.41 bits per heavy atom. The van der Waals surface area contributed by atoms with Gasteiger partial charge in [-0.25, -0.2) is 4.68 Å². The molecular formula is C16H19ClN4O. The minimum absolute atomic E-state index is 0.0223. The summed E-state index contributed by atoms with van der Waals surface area (Å²) in [5.41, 5.74) is 1.44. The molecule has 5 nitrogen and oxygen atoms in total. The molecule has 1 aromatic carbocycles. The Balaban J connectivity index is 1.83. The van der Waals surface area contributed by atoms with E-state index >= 15 is 0 Å². The maximum Gasteiger partial charge on any atom is 0.257 e. The number of benzene rings is 1. The Kier molecular flexibility index (Phi) is 4.18. The number of aromatic nitrogens is 2. The molecule has 1 fully saturated rings. The van der Waals surface area contributed by atoms with Crippen molar-refractivity contribution in [1.29, 1.82) is 0 Å². The highest BCUT2D eigenvalue weighted by molar-refractivity contribution is 6.30. The van der Waals surface area contributed by atoms with Crippen molar-refractivity contribution < 1.29 is 4.79 Å². The zero-order chi connectivity index (χ0) is 15.7. The molecule has 1 N–H and O–H groups in total. The lowest BCUT2D eigenvalue weighted by Crippen LogP contribution is -2.57. The highest BCUT2D eigenvalue weighted by Gasteiger charge is 2.29. The number of nitrogens with zero attached hydrogens (tertiary/aromatic N) is 3. The number of halogens is 1. The van der Waals surface area contributed by atoms with Crippen LogP contribution in [0.4, 0.5) is 0 Å². The monoisotopic (exact) mass is 318 g/mol. The zero-order valence-corrected chi connectivity index (χ0v) is 13.4. The van der Waals surface area contributed by atoms with E-state index < -0.39 is 0 Å². The second kappa shape index (κ2) is 6.10. The molecular weight excluding hydrogens is 300 g/mol. The van der Waals surface area contributed by atoms with E-state index in [1.54, 1.807) is 17.1 Å². The first kappa shape index (κ1) is 15.1. The van der Waals surface area contributed by atoms with Gasteiger partial charge in [0.2, 0.25) is 0 Å². The lowest BCUT2D eigenvalue weighted by Gasteiger charge is -2.38. The summed E-state index contributed by atoms with van der Waals surface area (Å²) >= 11 is 6.00. The molecule has 1 aliphatic rings. The van der Waals surface area contributed by atoms with Crippen molar-refractivity contribution in [2.45, 2.75) is 25.9 Å². The number of piperazine rings is 1. The number of nitrogens with one attached hydrogen (secondary N) is 1. The van der Waals surface area contributed by atoms with Crippen LogP contribution in [-0.4, -0.2) is 45.8 Å². The van der Waals surface area contributed by atoms with E-state index in [1.165, 1.54) is 0 Å². The Morgan fingerprint density at radius 3 is 3.00 bits per heavy atom. The smallest absolute Gasteiger partial charge is 0.257 e. The Labute approximate surface area is 134 Å². The quantitative estimate of drug-likeness (QED) is 0.924. The largest absolute Gasteiger partial charge is 0.333 e. The van der Waals surface area contributed by atoms with Crippen LogP contribution in [0.2, 0.25) is 5.02 Å². The van der Waals surface area contributed by atoms with Crippen LogP contribution >= 0.6 is 11.6 Å². The van der Waals surface area contributed by atoms with Gasteiger partial charge in [0, 0.05) is 36.4 Å². The van der Waals surface area contributed by atoms with Crippen LogP contribution in [0.5, 0.6) is 0 Å². The second-order valence-electron chi connectivity index (χ2n) is 5.64. The van der Waals surface area contributed by atoms with E-state index in [0.717, 1.165) is 12.2 Å². The van der Waals surface area contributed by atoms with E-state index in [9.17, 15) is 4.79 Å². The van der Waals surface area contributed by atoms with Crippen LogP contribution in [0, 0.1) is 0 Å². The topological polar surface area (TPSA) is 50.2 Å². The minimum Gasteiger partial charge on any atom is -0.333 e. The molecule has 3 rings (SSSR count). The summed E-state index contributed by atoms with van der Waals surface area (Å²) in [7, 11) is 0. The van der Waals surface area contributed by atoms with Gasteiger partial charge < -0.3 is 10.2 Å². The predicted octanol–water partition coefficient (Wildman–Crippen LogP) is 2.35.